The van der Waals surface area contributed by atoms with E-state index in [1.54, 1.807) is 10.9 Å². The third-order valence-electron chi connectivity index (χ3n) is 4.05. The van der Waals surface area contributed by atoms with E-state index in [1.165, 1.54) is 11.3 Å². The first kappa shape index (κ1) is 16.7. The Hall–Kier alpha value is -2.12. The molecule has 1 aliphatic rings. The van der Waals surface area contributed by atoms with Gasteiger partial charge in [-0.25, -0.2) is 4.98 Å². The Morgan fingerprint density at radius 1 is 1.33 bits per heavy atom. The number of likely N-dealkylation sites (N-methyl/N-ethyl adjacent to an activating group) is 1. The van der Waals surface area contributed by atoms with Gasteiger partial charge in [0, 0.05) is 43.3 Å². The summed E-state index contributed by atoms with van der Waals surface area (Å²) in [7, 11) is 2.14. The molecule has 3 rings (SSSR count). The first-order valence-electron chi connectivity index (χ1n) is 8.07. The molecular formula is C17H22N4O2S. The highest BCUT2D eigenvalue weighted by Gasteiger charge is 2.17. The van der Waals surface area contributed by atoms with E-state index in [4.69, 9.17) is 4.74 Å². The molecule has 0 unspecified atom stereocenters. The van der Waals surface area contributed by atoms with Gasteiger partial charge in [0.2, 0.25) is 0 Å². The molecule has 1 fully saturated rings. The van der Waals surface area contributed by atoms with Gasteiger partial charge in [-0.2, -0.15) is 0 Å². The predicted molar refractivity (Wildman–Crippen MR) is 97.4 cm³/mol. The van der Waals surface area contributed by atoms with Gasteiger partial charge in [0.1, 0.15) is 11.4 Å². The van der Waals surface area contributed by atoms with Crippen molar-refractivity contribution in [2.24, 2.45) is 0 Å². The summed E-state index contributed by atoms with van der Waals surface area (Å²) in [4.78, 5) is 20.9. The van der Waals surface area contributed by atoms with Crippen molar-refractivity contribution in [3.8, 4) is 5.75 Å². The van der Waals surface area contributed by atoms with Gasteiger partial charge in [-0.15, -0.1) is 11.3 Å². The SMILES string of the molecule is CCOc1cc(N2CCN(C)CC2)ccc1NC(=O)c1cscn1. The van der Waals surface area contributed by atoms with Gasteiger partial charge < -0.3 is 19.9 Å². The number of ether oxygens (including phenoxy) is 1. The predicted octanol–water partition coefficient (Wildman–Crippen LogP) is 2.55. The van der Waals surface area contributed by atoms with Crippen LogP contribution >= 0.6 is 11.3 Å². The van der Waals surface area contributed by atoms with Crippen molar-refractivity contribution in [3.63, 3.8) is 0 Å². The van der Waals surface area contributed by atoms with Gasteiger partial charge in [0.15, 0.2) is 0 Å². The zero-order chi connectivity index (χ0) is 16.9. The number of hydrogen-bond acceptors (Lipinski definition) is 6. The molecule has 0 aliphatic carbocycles. The molecule has 0 bridgehead atoms. The Kier molecular flexibility index (Phi) is 5.32. The van der Waals surface area contributed by atoms with Gasteiger partial charge in [0.25, 0.3) is 5.91 Å². The molecule has 2 heterocycles. The van der Waals surface area contributed by atoms with Crippen molar-refractivity contribution in [3.05, 3.63) is 34.8 Å². The van der Waals surface area contributed by atoms with E-state index in [2.05, 4.69) is 27.1 Å². The fourth-order valence-corrected chi connectivity index (χ4v) is 3.19. The molecule has 1 N–H and O–H groups in total. The first-order chi connectivity index (χ1) is 11.7. The maximum atomic E-state index is 12.2. The minimum atomic E-state index is -0.218. The van der Waals surface area contributed by atoms with Crippen molar-refractivity contribution in [1.82, 2.24) is 9.88 Å². The number of hydrogen-bond donors (Lipinski definition) is 1. The number of carbonyl (C=O) groups excluding carboxylic acids is 1. The van der Waals surface area contributed by atoms with Gasteiger partial charge in [-0.1, -0.05) is 0 Å². The van der Waals surface area contributed by atoms with Crippen LogP contribution in [-0.4, -0.2) is 55.6 Å². The summed E-state index contributed by atoms with van der Waals surface area (Å²) in [5, 5.41) is 4.62. The largest absolute Gasteiger partial charge is 0.492 e. The molecule has 24 heavy (non-hydrogen) atoms. The second kappa shape index (κ2) is 7.63. The van der Waals surface area contributed by atoms with Crippen LogP contribution in [0.5, 0.6) is 5.75 Å². The van der Waals surface area contributed by atoms with Crippen LogP contribution in [0.15, 0.2) is 29.1 Å². The summed E-state index contributed by atoms with van der Waals surface area (Å²) in [6.07, 6.45) is 0. The van der Waals surface area contributed by atoms with E-state index in [1.807, 2.05) is 25.1 Å². The number of thiazole rings is 1. The lowest BCUT2D eigenvalue weighted by Crippen LogP contribution is -2.44. The molecule has 6 nitrogen and oxygen atoms in total. The Bertz CT molecular complexity index is 682. The van der Waals surface area contributed by atoms with Crippen molar-refractivity contribution < 1.29 is 9.53 Å². The number of carbonyl (C=O) groups is 1. The zero-order valence-corrected chi connectivity index (χ0v) is 14.8. The minimum absolute atomic E-state index is 0.218. The van der Waals surface area contributed by atoms with Crippen LogP contribution in [0.25, 0.3) is 0 Å². The fraction of sp³-hybridized carbons (Fsp3) is 0.412. The van der Waals surface area contributed by atoms with Crippen molar-refractivity contribution >= 4 is 28.6 Å². The molecule has 1 aliphatic heterocycles. The number of anilines is 2. The van der Waals surface area contributed by atoms with Gasteiger partial charge in [-0.05, 0) is 26.1 Å². The molecule has 1 aromatic carbocycles. The van der Waals surface area contributed by atoms with E-state index in [0.717, 1.165) is 31.9 Å². The highest BCUT2D eigenvalue weighted by atomic mass is 32.1. The molecule has 0 radical (unpaired) electrons. The number of nitrogens with zero attached hydrogens (tertiary/aromatic N) is 3. The molecule has 0 saturated carbocycles. The summed E-state index contributed by atoms with van der Waals surface area (Å²) in [6, 6.07) is 5.94. The van der Waals surface area contributed by atoms with Gasteiger partial charge in [0.05, 0.1) is 17.8 Å². The maximum Gasteiger partial charge on any atom is 0.275 e. The second-order valence-corrected chi connectivity index (χ2v) is 6.45. The monoisotopic (exact) mass is 346 g/mol. The summed E-state index contributed by atoms with van der Waals surface area (Å²) < 4.78 is 5.74. The lowest BCUT2D eigenvalue weighted by Gasteiger charge is -2.34. The van der Waals surface area contributed by atoms with E-state index in [-0.39, 0.29) is 5.91 Å². The minimum Gasteiger partial charge on any atom is -0.492 e. The number of rotatable bonds is 5. The summed E-state index contributed by atoms with van der Waals surface area (Å²) in [5.41, 5.74) is 3.87. The number of nitrogens with one attached hydrogen (secondary N) is 1. The molecular weight excluding hydrogens is 324 g/mol. The lowest BCUT2D eigenvalue weighted by atomic mass is 10.2. The second-order valence-electron chi connectivity index (χ2n) is 5.73. The fourth-order valence-electron chi connectivity index (χ4n) is 2.66. The number of aromatic nitrogens is 1. The summed E-state index contributed by atoms with van der Waals surface area (Å²) in [6.45, 7) is 6.57. The number of amides is 1. The molecule has 2 aromatic rings. The molecule has 0 spiro atoms. The Labute approximate surface area is 146 Å². The molecule has 1 amide bonds. The molecule has 1 saturated heterocycles. The number of piperazine rings is 1. The Balaban J connectivity index is 1.78. The standard InChI is InChI=1S/C17H22N4O2S/c1-3-23-16-10-13(21-8-6-20(2)7-9-21)4-5-14(16)19-17(22)15-11-24-12-18-15/h4-5,10-12H,3,6-9H2,1-2H3,(H,19,22). The van der Waals surface area contributed by atoms with Gasteiger partial charge in [-0.3, -0.25) is 4.79 Å². The highest BCUT2D eigenvalue weighted by molar-refractivity contribution is 7.07. The first-order valence-corrected chi connectivity index (χ1v) is 9.01. The van der Waals surface area contributed by atoms with Crippen LogP contribution in [0.1, 0.15) is 17.4 Å². The lowest BCUT2D eigenvalue weighted by molar-refractivity contribution is 0.102. The quantitative estimate of drug-likeness (QED) is 0.902. The zero-order valence-electron chi connectivity index (χ0n) is 14.0. The smallest absolute Gasteiger partial charge is 0.275 e. The van der Waals surface area contributed by atoms with E-state index in [9.17, 15) is 4.79 Å². The summed E-state index contributed by atoms with van der Waals surface area (Å²) in [5.74, 6) is 0.474. The summed E-state index contributed by atoms with van der Waals surface area (Å²) >= 11 is 1.40. The van der Waals surface area contributed by atoms with Crippen LogP contribution in [0.2, 0.25) is 0 Å². The van der Waals surface area contributed by atoms with Crippen molar-refractivity contribution in [1.29, 1.82) is 0 Å². The van der Waals surface area contributed by atoms with E-state index >= 15 is 0 Å². The molecule has 7 heteroatoms. The van der Waals surface area contributed by atoms with Crippen LogP contribution in [0, 0.1) is 0 Å². The van der Waals surface area contributed by atoms with Crippen LogP contribution < -0.4 is 15.0 Å². The van der Waals surface area contributed by atoms with Crippen molar-refractivity contribution in [2.45, 2.75) is 6.92 Å². The maximum absolute atomic E-state index is 12.2. The normalized spacial score (nSPS) is 15.3. The average molecular weight is 346 g/mol. The average Bonchev–Trinajstić information content (AvgIpc) is 3.12. The van der Waals surface area contributed by atoms with E-state index < -0.39 is 0 Å². The molecule has 0 atom stereocenters. The molecule has 128 valence electrons. The highest BCUT2D eigenvalue weighted by Crippen LogP contribution is 2.31. The third kappa shape index (κ3) is 3.85. The topological polar surface area (TPSA) is 57.7 Å². The van der Waals surface area contributed by atoms with Crippen LogP contribution in [0.3, 0.4) is 0 Å². The molecule has 1 aromatic heterocycles. The van der Waals surface area contributed by atoms with Crippen molar-refractivity contribution in [2.75, 3.05) is 50.1 Å². The third-order valence-corrected chi connectivity index (χ3v) is 4.63. The Morgan fingerprint density at radius 3 is 2.79 bits per heavy atom. The Morgan fingerprint density at radius 2 is 2.12 bits per heavy atom. The van der Waals surface area contributed by atoms with Crippen LogP contribution in [0.4, 0.5) is 11.4 Å². The van der Waals surface area contributed by atoms with Crippen LogP contribution in [-0.2, 0) is 0 Å². The number of benzene rings is 1. The van der Waals surface area contributed by atoms with E-state index in [0.29, 0.717) is 23.7 Å². The van der Waals surface area contributed by atoms with Gasteiger partial charge >= 0.3 is 0 Å².